The van der Waals surface area contributed by atoms with Crippen LogP contribution in [-0.2, 0) is 6.54 Å². The molecule has 0 aliphatic heterocycles. The Morgan fingerprint density at radius 2 is 2.33 bits per heavy atom. The molecule has 0 atom stereocenters. The van der Waals surface area contributed by atoms with Gasteiger partial charge in [-0.25, -0.2) is 9.97 Å². The predicted octanol–water partition coefficient (Wildman–Crippen LogP) is 1.13. The van der Waals surface area contributed by atoms with Gasteiger partial charge < -0.3 is 4.98 Å². The van der Waals surface area contributed by atoms with Crippen molar-refractivity contribution in [2.75, 3.05) is 0 Å². The van der Waals surface area contributed by atoms with Crippen LogP contribution in [0.4, 0.5) is 0 Å². The molecule has 0 aromatic carbocycles. The van der Waals surface area contributed by atoms with Crippen LogP contribution < -0.4 is 0 Å². The summed E-state index contributed by atoms with van der Waals surface area (Å²) >= 11 is 0. The second kappa shape index (κ2) is 4.25. The van der Waals surface area contributed by atoms with Gasteiger partial charge in [-0.1, -0.05) is 0 Å². The Hall–Kier alpha value is -2.75. The topological polar surface area (TPSA) is 96.1 Å². The minimum Gasteiger partial charge on any atom is -0.346 e. The molecular formula is C11H9N7. The molecule has 0 radical (unpaired) electrons. The number of aryl methyl sites for hydroxylation is 1. The maximum atomic E-state index is 8.52. The molecule has 3 aromatic heterocycles. The molecule has 88 valence electrons. The van der Waals surface area contributed by atoms with Crippen LogP contribution in [0, 0.1) is 11.3 Å². The van der Waals surface area contributed by atoms with E-state index in [1.165, 1.54) is 11.1 Å². The highest BCUT2D eigenvalue weighted by Crippen LogP contribution is 2.21. The number of nitrogens with one attached hydrogen (secondary N) is 1. The molecule has 0 amide bonds. The van der Waals surface area contributed by atoms with Crippen molar-refractivity contribution in [3.63, 3.8) is 0 Å². The standard InChI is InChI=1S/C11H9N7/c12-3-1-5-18-16-6-9(17-18)10-8-2-4-13-11(8)15-7-14-10/h2,4,6-7H,1,5H2,(H,13,14,15). The maximum absolute atomic E-state index is 8.52. The van der Waals surface area contributed by atoms with E-state index in [4.69, 9.17) is 5.26 Å². The Labute approximate surface area is 102 Å². The molecule has 0 unspecified atom stereocenters. The zero-order chi connectivity index (χ0) is 12.4. The first-order chi connectivity index (χ1) is 8.88. The third kappa shape index (κ3) is 1.69. The van der Waals surface area contributed by atoms with E-state index in [-0.39, 0.29) is 0 Å². The summed E-state index contributed by atoms with van der Waals surface area (Å²) in [5, 5.41) is 17.8. The number of H-pyrrole nitrogens is 1. The van der Waals surface area contributed by atoms with Gasteiger partial charge in [0.1, 0.15) is 23.4 Å². The van der Waals surface area contributed by atoms with Crippen LogP contribution in [0.1, 0.15) is 6.42 Å². The first-order valence-electron chi connectivity index (χ1n) is 5.44. The summed E-state index contributed by atoms with van der Waals surface area (Å²) in [4.78, 5) is 12.9. The molecule has 0 saturated heterocycles. The lowest BCUT2D eigenvalue weighted by Gasteiger charge is -1.96. The molecule has 0 spiro atoms. The molecule has 0 aliphatic rings. The van der Waals surface area contributed by atoms with E-state index in [0.717, 1.165) is 16.7 Å². The summed E-state index contributed by atoms with van der Waals surface area (Å²) in [7, 11) is 0. The lowest BCUT2D eigenvalue weighted by Crippen LogP contribution is -2.01. The molecule has 3 heterocycles. The number of aromatic nitrogens is 6. The lowest BCUT2D eigenvalue weighted by molar-refractivity contribution is 0.547. The van der Waals surface area contributed by atoms with E-state index < -0.39 is 0 Å². The number of fused-ring (bicyclic) bond motifs is 1. The van der Waals surface area contributed by atoms with Crippen molar-refractivity contribution in [1.29, 1.82) is 5.26 Å². The van der Waals surface area contributed by atoms with Crippen LogP contribution >= 0.6 is 0 Å². The molecule has 0 bridgehead atoms. The number of hydrogen-bond donors (Lipinski definition) is 1. The third-order valence-corrected chi connectivity index (χ3v) is 2.56. The van der Waals surface area contributed by atoms with Crippen LogP contribution in [0.25, 0.3) is 22.4 Å². The van der Waals surface area contributed by atoms with Gasteiger partial charge in [-0.3, -0.25) is 0 Å². The quantitative estimate of drug-likeness (QED) is 0.739. The van der Waals surface area contributed by atoms with Crippen LogP contribution in [0.2, 0.25) is 0 Å². The van der Waals surface area contributed by atoms with Gasteiger partial charge in [-0.15, -0.1) is 0 Å². The predicted molar refractivity (Wildman–Crippen MR) is 63.1 cm³/mol. The van der Waals surface area contributed by atoms with Gasteiger partial charge in [0.25, 0.3) is 0 Å². The van der Waals surface area contributed by atoms with Gasteiger partial charge in [0.15, 0.2) is 0 Å². The van der Waals surface area contributed by atoms with Gasteiger partial charge in [-0.2, -0.15) is 20.3 Å². The van der Waals surface area contributed by atoms with Gasteiger partial charge in [0.05, 0.1) is 25.2 Å². The summed E-state index contributed by atoms with van der Waals surface area (Å²) in [5.74, 6) is 0. The summed E-state index contributed by atoms with van der Waals surface area (Å²) < 4.78 is 0. The fourth-order valence-corrected chi connectivity index (χ4v) is 1.74. The molecular weight excluding hydrogens is 230 g/mol. The first-order valence-corrected chi connectivity index (χ1v) is 5.44. The van der Waals surface area contributed by atoms with Crippen molar-refractivity contribution in [3.05, 3.63) is 24.8 Å². The van der Waals surface area contributed by atoms with E-state index in [2.05, 4.69) is 31.2 Å². The van der Waals surface area contributed by atoms with Crippen molar-refractivity contribution in [3.8, 4) is 17.5 Å². The second-order valence-corrected chi connectivity index (χ2v) is 3.70. The van der Waals surface area contributed by atoms with E-state index >= 15 is 0 Å². The largest absolute Gasteiger partial charge is 0.346 e. The zero-order valence-corrected chi connectivity index (χ0v) is 9.41. The molecule has 3 aromatic rings. The Morgan fingerprint density at radius 3 is 3.22 bits per heavy atom. The molecule has 1 N–H and O–H groups in total. The lowest BCUT2D eigenvalue weighted by atomic mass is 10.2. The maximum Gasteiger partial charge on any atom is 0.141 e. The van der Waals surface area contributed by atoms with Crippen LogP contribution in [0.3, 0.4) is 0 Å². The number of nitriles is 1. The van der Waals surface area contributed by atoms with Crippen LogP contribution in [0.5, 0.6) is 0 Å². The molecule has 0 aliphatic carbocycles. The van der Waals surface area contributed by atoms with E-state index in [1.54, 1.807) is 6.20 Å². The van der Waals surface area contributed by atoms with Gasteiger partial charge in [0, 0.05) is 11.6 Å². The number of hydrogen-bond acceptors (Lipinski definition) is 5. The van der Waals surface area contributed by atoms with Crippen molar-refractivity contribution < 1.29 is 0 Å². The minimum atomic E-state index is 0.386. The molecule has 7 heteroatoms. The molecule has 3 rings (SSSR count). The summed E-state index contributed by atoms with van der Waals surface area (Å²) in [6.07, 6.45) is 5.33. The highest BCUT2D eigenvalue weighted by molar-refractivity contribution is 5.88. The highest BCUT2D eigenvalue weighted by atomic mass is 15.5. The smallest absolute Gasteiger partial charge is 0.141 e. The molecule has 0 saturated carbocycles. The van der Waals surface area contributed by atoms with E-state index in [9.17, 15) is 0 Å². The van der Waals surface area contributed by atoms with E-state index in [0.29, 0.717) is 18.7 Å². The van der Waals surface area contributed by atoms with Gasteiger partial charge in [-0.05, 0) is 6.07 Å². The number of nitrogens with zero attached hydrogens (tertiary/aromatic N) is 6. The minimum absolute atomic E-state index is 0.386. The SMILES string of the molecule is N#CCCn1ncc(-c2ncnc3[nH]ccc23)n1. The Morgan fingerprint density at radius 1 is 1.39 bits per heavy atom. The fraction of sp³-hybridized carbons (Fsp3) is 0.182. The Kier molecular flexibility index (Phi) is 2.46. The summed E-state index contributed by atoms with van der Waals surface area (Å²) in [6, 6.07) is 3.96. The van der Waals surface area contributed by atoms with Crippen molar-refractivity contribution in [1.82, 2.24) is 29.9 Å². The Bertz CT molecular complexity index is 718. The van der Waals surface area contributed by atoms with Crippen LogP contribution in [-0.4, -0.2) is 29.9 Å². The summed E-state index contributed by atoms with van der Waals surface area (Å²) in [6.45, 7) is 0.484. The van der Waals surface area contributed by atoms with Crippen molar-refractivity contribution in [2.24, 2.45) is 0 Å². The monoisotopic (exact) mass is 239 g/mol. The Balaban J connectivity index is 2.02. The molecule has 18 heavy (non-hydrogen) atoms. The number of rotatable bonds is 3. The summed E-state index contributed by atoms with van der Waals surface area (Å²) in [5.41, 5.74) is 2.19. The van der Waals surface area contributed by atoms with Gasteiger partial charge >= 0.3 is 0 Å². The van der Waals surface area contributed by atoms with Crippen molar-refractivity contribution in [2.45, 2.75) is 13.0 Å². The molecule has 7 nitrogen and oxygen atoms in total. The average Bonchev–Trinajstić information content (AvgIpc) is 3.04. The third-order valence-electron chi connectivity index (χ3n) is 2.56. The van der Waals surface area contributed by atoms with Gasteiger partial charge in [0.2, 0.25) is 0 Å². The number of aromatic amines is 1. The van der Waals surface area contributed by atoms with Crippen LogP contribution in [0.15, 0.2) is 24.8 Å². The normalized spacial score (nSPS) is 10.6. The second-order valence-electron chi connectivity index (χ2n) is 3.70. The average molecular weight is 239 g/mol. The first kappa shape index (κ1) is 10.4. The van der Waals surface area contributed by atoms with Crippen molar-refractivity contribution >= 4 is 11.0 Å². The molecule has 0 fully saturated rings. The highest BCUT2D eigenvalue weighted by Gasteiger charge is 2.10. The fourth-order valence-electron chi connectivity index (χ4n) is 1.74. The zero-order valence-electron chi connectivity index (χ0n) is 9.41. The van der Waals surface area contributed by atoms with E-state index in [1.807, 2.05) is 12.3 Å².